The highest BCUT2D eigenvalue weighted by Gasteiger charge is 2.11. The Labute approximate surface area is 128 Å². The first-order valence-electron chi connectivity index (χ1n) is 6.76. The van der Waals surface area contributed by atoms with E-state index in [1.54, 1.807) is 18.3 Å². The highest BCUT2D eigenvalue weighted by Crippen LogP contribution is 2.21. The lowest BCUT2D eigenvalue weighted by Crippen LogP contribution is -2.32. The fourth-order valence-electron chi connectivity index (χ4n) is 1.80. The molecule has 1 aromatic carbocycles. The lowest BCUT2D eigenvalue weighted by Gasteiger charge is -2.07. The molecule has 110 valence electrons. The van der Waals surface area contributed by atoms with E-state index in [9.17, 15) is 9.59 Å². The van der Waals surface area contributed by atoms with Crippen molar-refractivity contribution in [1.29, 1.82) is 0 Å². The second-order valence-corrected chi connectivity index (χ2v) is 6.02. The van der Waals surface area contributed by atoms with Crippen LogP contribution < -0.4 is 5.32 Å². The molecule has 21 heavy (non-hydrogen) atoms. The van der Waals surface area contributed by atoms with Gasteiger partial charge >= 0.3 is 0 Å². The van der Waals surface area contributed by atoms with E-state index in [1.165, 1.54) is 17.3 Å². The van der Waals surface area contributed by atoms with Crippen LogP contribution in [0.3, 0.4) is 0 Å². The molecule has 0 unspecified atom stereocenters. The molecule has 1 aromatic heterocycles. The van der Waals surface area contributed by atoms with Crippen LogP contribution in [0.1, 0.15) is 35.8 Å². The second kappa shape index (κ2) is 7.13. The normalized spacial score (nSPS) is 10.6. The zero-order chi connectivity index (χ0) is 15.2. The third-order valence-corrected chi connectivity index (χ3v) is 4.02. The van der Waals surface area contributed by atoms with Crippen LogP contribution in [0.15, 0.2) is 47.5 Å². The second-order valence-electron chi connectivity index (χ2n) is 4.97. The number of aromatic nitrogens is 1. The average Bonchev–Trinajstić information content (AvgIpc) is 3.00. The van der Waals surface area contributed by atoms with E-state index in [0.29, 0.717) is 11.6 Å². The minimum Gasteiger partial charge on any atom is -0.357 e. The van der Waals surface area contributed by atoms with Crippen molar-refractivity contribution in [2.75, 3.05) is 5.75 Å². The Kier molecular flexibility index (Phi) is 5.22. The highest BCUT2D eigenvalue weighted by atomic mass is 32.2. The van der Waals surface area contributed by atoms with Crippen LogP contribution in [0.25, 0.3) is 0 Å². The van der Waals surface area contributed by atoms with E-state index in [4.69, 9.17) is 0 Å². The summed E-state index contributed by atoms with van der Waals surface area (Å²) in [5.41, 5.74) is 1.65. The summed E-state index contributed by atoms with van der Waals surface area (Å²) in [6, 6.07) is 11.5. The number of carbonyl (C=O) groups is 2. The average molecular weight is 302 g/mol. The molecular formula is C16H18N2O2S. The SMILES string of the molecule is CC(C)c1ccc(SCC(=O)NC(=O)c2ccc[nH]2)cc1. The molecule has 4 nitrogen and oxygen atoms in total. The van der Waals surface area contributed by atoms with E-state index in [1.807, 2.05) is 12.1 Å². The quantitative estimate of drug-likeness (QED) is 0.834. The molecule has 0 saturated carbocycles. The standard InChI is InChI=1S/C16H18N2O2S/c1-11(2)12-5-7-13(8-6-12)21-10-15(19)18-16(20)14-4-3-9-17-14/h3-9,11,17H,10H2,1-2H3,(H,18,19,20). The summed E-state index contributed by atoms with van der Waals surface area (Å²) in [6.07, 6.45) is 1.64. The molecule has 5 heteroatoms. The molecule has 0 fully saturated rings. The molecule has 0 aliphatic rings. The topological polar surface area (TPSA) is 62.0 Å². The van der Waals surface area contributed by atoms with Gasteiger partial charge in [-0.15, -0.1) is 11.8 Å². The van der Waals surface area contributed by atoms with Gasteiger partial charge in [0, 0.05) is 11.1 Å². The summed E-state index contributed by atoms with van der Waals surface area (Å²) in [7, 11) is 0. The van der Waals surface area contributed by atoms with E-state index >= 15 is 0 Å². The molecule has 2 rings (SSSR count). The third-order valence-electron chi connectivity index (χ3n) is 3.01. The summed E-state index contributed by atoms with van der Waals surface area (Å²) >= 11 is 1.41. The van der Waals surface area contributed by atoms with Crippen molar-refractivity contribution in [3.05, 3.63) is 53.9 Å². The molecule has 0 atom stereocenters. The molecule has 2 amide bonds. The monoisotopic (exact) mass is 302 g/mol. The van der Waals surface area contributed by atoms with Gasteiger partial charge in [0.2, 0.25) is 5.91 Å². The summed E-state index contributed by atoms with van der Waals surface area (Å²) in [5.74, 6) is 0.00654. The van der Waals surface area contributed by atoms with E-state index in [0.717, 1.165) is 4.90 Å². The molecule has 0 radical (unpaired) electrons. The van der Waals surface area contributed by atoms with Crippen LogP contribution >= 0.6 is 11.8 Å². The van der Waals surface area contributed by atoms with Crippen molar-refractivity contribution >= 4 is 23.6 Å². The number of amides is 2. The summed E-state index contributed by atoms with van der Waals surface area (Å²) < 4.78 is 0. The highest BCUT2D eigenvalue weighted by molar-refractivity contribution is 8.00. The van der Waals surface area contributed by atoms with E-state index < -0.39 is 5.91 Å². The Morgan fingerprint density at radius 2 is 1.90 bits per heavy atom. The number of thioether (sulfide) groups is 1. The number of imide groups is 1. The van der Waals surface area contributed by atoms with Gasteiger partial charge in [0.05, 0.1) is 5.75 Å². The first kappa shape index (κ1) is 15.4. The van der Waals surface area contributed by atoms with Crippen molar-refractivity contribution in [2.24, 2.45) is 0 Å². The number of H-pyrrole nitrogens is 1. The largest absolute Gasteiger partial charge is 0.357 e. The maximum Gasteiger partial charge on any atom is 0.274 e. The summed E-state index contributed by atoms with van der Waals surface area (Å²) in [6.45, 7) is 4.28. The van der Waals surface area contributed by atoms with Crippen LogP contribution in [-0.4, -0.2) is 22.6 Å². The van der Waals surface area contributed by atoms with Crippen LogP contribution in [0.5, 0.6) is 0 Å². The Hall–Kier alpha value is -2.01. The third kappa shape index (κ3) is 4.49. The lowest BCUT2D eigenvalue weighted by molar-refractivity contribution is -0.117. The first-order chi connectivity index (χ1) is 10.1. The van der Waals surface area contributed by atoms with Gasteiger partial charge in [-0.3, -0.25) is 14.9 Å². The molecule has 0 aliphatic heterocycles. The fourth-order valence-corrected chi connectivity index (χ4v) is 2.50. The predicted molar refractivity (Wildman–Crippen MR) is 84.5 cm³/mol. The maximum absolute atomic E-state index is 11.7. The molecule has 2 N–H and O–H groups in total. The van der Waals surface area contributed by atoms with Crippen molar-refractivity contribution in [3.8, 4) is 0 Å². The number of benzene rings is 1. The maximum atomic E-state index is 11.7. The van der Waals surface area contributed by atoms with Gasteiger partial charge in [-0.2, -0.15) is 0 Å². The van der Waals surface area contributed by atoms with E-state index in [2.05, 4.69) is 36.3 Å². The van der Waals surface area contributed by atoms with Gasteiger partial charge in [-0.1, -0.05) is 26.0 Å². The van der Waals surface area contributed by atoms with Gasteiger partial charge in [0.25, 0.3) is 5.91 Å². The van der Waals surface area contributed by atoms with Crippen molar-refractivity contribution in [3.63, 3.8) is 0 Å². The number of hydrogen-bond acceptors (Lipinski definition) is 3. The van der Waals surface area contributed by atoms with Crippen LogP contribution in [-0.2, 0) is 4.79 Å². The number of carbonyl (C=O) groups excluding carboxylic acids is 2. The zero-order valence-corrected chi connectivity index (χ0v) is 12.9. The van der Waals surface area contributed by atoms with Crippen LogP contribution in [0.2, 0.25) is 0 Å². The van der Waals surface area contributed by atoms with Crippen molar-refractivity contribution in [1.82, 2.24) is 10.3 Å². The smallest absolute Gasteiger partial charge is 0.274 e. The van der Waals surface area contributed by atoms with E-state index in [-0.39, 0.29) is 11.7 Å². The van der Waals surface area contributed by atoms with Gasteiger partial charge in [0.15, 0.2) is 0 Å². The Balaban J connectivity index is 1.82. The van der Waals surface area contributed by atoms with Gasteiger partial charge < -0.3 is 4.98 Å². The Morgan fingerprint density at radius 3 is 2.48 bits per heavy atom. The number of hydrogen-bond donors (Lipinski definition) is 2. The Bertz CT molecular complexity index is 604. The lowest BCUT2D eigenvalue weighted by atomic mass is 10.0. The summed E-state index contributed by atoms with van der Waals surface area (Å²) in [5, 5.41) is 2.35. The molecular weight excluding hydrogens is 284 g/mol. The first-order valence-corrected chi connectivity index (χ1v) is 7.75. The number of aromatic amines is 1. The fraction of sp³-hybridized carbons (Fsp3) is 0.250. The number of nitrogens with one attached hydrogen (secondary N) is 2. The number of rotatable bonds is 5. The Morgan fingerprint density at radius 1 is 1.19 bits per heavy atom. The minimum atomic E-state index is -0.402. The van der Waals surface area contributed by atoms with Gasteiger partial charge in [-0.05, 0) is 35.7 Å². The molecule has 1 heterocycles. The predicted octanol–water partition coefficient (Wildman–Crippen LogP) is 3.19. The minimum absolute atomic E-state index is 0.216. The molecule has 2 aromatic rings. The zero-order valence-electron chi connectivity index (χ0n) is 12.1. The molecule has 0 saturated heterocycles. The molecule has 0 aliphatic carbocycles. The molecule has 0 spiro atoms. The van der Waals surface area contributed by atoms with Crippen molar-refractivity contribution in [2.45, 2.75) is 24.7 Å². The van der Waals surface area contributed by atoms with Crippen LogP contribution in [0.4, 0.5) is 0 Å². The van der Waals surface area contributed by atoms with Crippen LogP contribution in [0, 0.1) is 0 Å². The van der Waals surface area contributed by atoms with Gasteiger partial charge in [-0.25, -0.2) is 0 Å². The van der Waals surface area contributed by atoms with Crippen molar-refractivity contribution < 1.29 is 9.59 Å². The summed E-state index contributed by atoms with van der Waals surface area (Å²) in [4.78, 5) is 27.2. The van der Waals surface area contributed by atoms with Gasteiger partial charge in [0.1, 0.15) is 5.69 Å². The molecule has 0 bridgehead atoms.